The summed E-state index contributed by atoms with van der Waals surface area (Å²) in [4.78, 5) is 24.2. The Hall–Kier alpha value is -2.36. The fourth-order valence-corrected chi connectivity index (χ4v) is 2.58. The van der Waals surface area contributed by atoms with Crippen LogP contribution in [0.1, 0.15) is 39.3 Å². The molecule has 1 atom stereocenters. The van der Waals surface area contributed by atoms with Gasteiger partial charge in [-0.15, -0.1) is 0 Å². The molecule has 1 amide bonds. The van der Waals surface area contributed by atoms with Crippen molar-refractivity contribution >= 4 is 11.9 Å². The molecular formula is C16H23N5O2. The summed E-state index contributed by atoms with van der Waals surface area (Å²) in [5.74, 6) is 0.740. The maximum atomic E-state index is 12.1. The van der Waals surface area contributed by atoms with Gasteiger partial charge in [0.05, 0.1) is 12.4 Å². The first-order chi connectivity index (χ1) is 10.8. The summed E-state index contributed by atoms with van der Waals surface area (Å²) in [5, 5.41) is 8.79. The van der Waals surface area contributed by atoms with Gasteiger partial charge < -0.3 is 14.5 Å². The van der Waals surface area contributed by atoms with Crippen LogP contribution in [0, 0.1) is 11.3 Å². The lowest BCUT2D eigenvalue weighted by Crippen LogP contribution is -2.43. The van der Waals surface area contributed by atoms with Crippen molar-refractivity contribution in [3.63, 3.8) is 0 Å². The number of carbonyl (C=O) groups is 1. The zero-order chi connectivity index (χ0) is 17.0. The number of likely N-dealkylation sites (N-methyl/N-ethyl adjacent to an activating group) is 1. The minimum absolute atomic E-state index is 0.176. The molecule has 1 fully saturated rings. The minimum Gasteiger partial charge on any atom is -0.444 e. The van der Waals surface area contributed by atoms with Crippen molar-refractivity contribution < 1.29 is 9.53 Å². The molecule has 0 N–H and O–H groups in total. The molecule has 0 radical (unpaired) electrons. The summed E-state index contributed by atoms with van der Waals surface area (Å²) >= 11 is 0. The molecule has 0 aromatic carbocycles. The average Bonchev–Trinajstić information content (AvgIpc) is 2.93. The summed E-state index contributed by atoms with van der Waals surface area (Å²) < 4.78 is 5.39. The van der Waals surface area contributed by atoms with E-state index in [4.69, 9.17) is 10.00 Å². The van der Waals surface area contributed by atoms with E-state index in [-0.39, 0.29) is 12.1 Å². The van der Waals surface area contributed by atoms with Crippen LogP contribution in [0.3, 0.4) is 0 Å². The molecule has 2 rings (SSSR count). The zero-order valence-corrected chi connectivity index (χ0v) is 14.1. The van der Waals surface area contributed by atoms with Crippen LogP contribution in [0.5, 0.6) is 0 Å². The number of aromatic nitrogens is 2. The van der Waals surface area contributed by atoms with E-state index in [1.54, 1.807) is 18.1 Å². The first-order valence-corrected chi connectivity index (χ1v) is 7.73. The Morgan fingerprint density at radius 2 is 2.22 bits per heavy atom. The number of rotatable bonds is 3. The molecule has 1 aromatic rings. The normalized spacial score (nSPS) is 17.7. The van der Waals surface area contributed by atoms with Crippen molar-refractivity contribution in [3.05, 3.63) is 18.1 Å². The van der Waals surface area contributed by atoms with Crippen molar-refractivity contribution in [1.82, 2.24) is 14.9 Å². The summed E-state index contributed by atoms with van der Waals surface area (Å²) in [6.45, 7) is 7.00. The minimum atomic E-state index is -0.501. The molecule has 1 aliphatic rings. The van der Waals surface area contributed by atoms with E-state index in [9.17, 15) is 4.79 Å². The summed E-state index contributed by atoms with van der Waals surface area (Å²) in [5.41, 5.74) is -0.199. The van der Waals surface area contributed by atoms with E-state index in [0.717, 1.165) is 25.2 Å². The van der Waals surface area contributed by atoms with Crippen molar-refractivity contribution in [1.29, 1.82) is 5.26 Å². The fourth-order valence-electron chi connectivity index (χ4n) is 2.58. The summed E-state index contributed by atoms with van der Waals surface area (Å²) in [6, 6.07) is 2.14. The average molecular weight is 317 g/mol. The Kier molecular flexibility index (Phi) is 5.04. The number of ether oxygens (including phenoxy) is 1. The van der Waals surface area contributed by atoms with E-state index >= 15 is 0 Å². The van der Waals surface area contributed by atoms with E-state index < -0.39 is 5.60 Å². The highest BCUT2D eigenvalue weighted by atomic mass is 16.6. The molecule has 124 valence electrons. The van der Waals surface area contributed by atoms with Crippen LogP contribution < -0.4 is 4.90 Å². The highest BCUT2D eigenvalue weighted by Crippen LogP contribution is 2.24. The molecule has 0 spiro atoms. The quantitative estimate of drug-likeness (QED) is 0.850. The van der Waals surface area contributed by atoms with Gasteiger partial charge in [-0.3, -0.25) is 0 Å². The molecule has 1 unspecified atom stereocenters. The van der Waals surface area contributed by atoms with E-state index in [0.29, 0.717) is 12.2 Å². The molecule has 0 aliphatic carbocycles. The van der Waals surface area contributed by atoms with Crippen LogP contribution in [0.15, 0.2) is 12.4 Å². The number of anilines is 1. The maximum absolute atomic E-state index is 12.1. The largest absolute Gasteiger partial charge is 0.444 e. The smallest absolute Gasteiger partial charge is 0.410 e. The topological polar surface area (TPSA) is 82.4 Å². The van der Waals surface area contributed by atoms with Gasteiger partial charge in [0.2, 0.25) is 0 Å². The van der Waals surface area contributed by atoms with Crippen LogP contribution >= 0.6 is 0 Å². The number of nitriles is 1. The van der Waals surface area contributed by atoms with E-state index in [1.165, 1.54) is 6.20 Å². The zero-order valence-electron chi connectivity index (χ0n) is 14.1. The Balaban J connectivity index is 2.01. The van der Waals surface area contributed by atoms with Gasteiger partial charge in [0.1, 0.15) is 17.5 Å². The Morgan fingerprint density at radius 1 is 1.48 bits per heavy atom. The van der Waals surface area contributed by atoms with Gasteiger partial charge in [0.25, 0.3) is 0 Å². The van der Waals surface area contributed by atoms with Crippen molar-refractivity contribution in [3.8, 4) is 6.07 Å². The maximum Gasteiger partial charge on any atom is 0.410 e. The van der Waals surface area contributed by atoms with Crippen molar-refractivity contribution in [2.75, 3.05) is 25.0 Å². The van der Waals surface area contributed by atoms with Crippen LogP contribution in [0.25, 0.3) is 0 Å². The fraction of sp³-hybridized carbons (Fsp3) is 0.625. The summed E-state index contributed by atoms with van der Waals surface area (Å²) in [6.07, 6.45) is 4.78. The van der Waals surface area contributed by atoms with Crippen LogP contribution in [0.4, 0.5) is 10.6 Å². The first kappa shape index (κ1) is 17.0. The SMILES string of the molecule is CN(CC1CCCN1c1cnc(C#N)cn1)C(=O)OC(C)(C)C. The second kappa shape index (κ2) is 6.82. The Bertz CT molecular complexity index is 588. The number of hydrogen-bond acceptors (Lipinski definition) is 6. The number of hydrogen-bond donors (Lipinski definition) is 0. The van der Waals surface area contributed by atoms with E-state index in [2.05, 4.69) is 14.9 Å². The molecule has 0 saturated carbocycles. The van der Waals surface area contributed by atoms with E-state index in [1.807, 2.05) is 26.8 Å². The van der Waals surface area contributed by atoms with Crippen LogP contribution in [-0.2, 0) is 4.74 Å². The lowest BCUT2D eigenvalue weighted by Gasteiger charge is -2.30. The van der Waals surface area contributed by atoms with Gasteiger partial charge in [-0.2, -0.15) is 5.26 Å². The lowest BCUT2D eigenvalue weighted by molar-refractivity contribution is 0.0290. The first-order valence-electron chi connectivity index (χ1n) is 7.73. The Labute approximate surface area is 136 Å². The van der Waals surface area contributed by atoms with Crippen LogP contribution in [-0.4, -0.2) is 52.7 Å². The predicted molar refractivity (Wildman–Crippen MR) is 86.0 cm³/mol. The van der Waals surface area contributed by atoms with Gasteiger partial charge in [-0.25, -0.2) is 14.8 Å². The molecule has 7 heteroatoms. The standard InChI is InChI=1S/C16H23N5O2/c1-16(2,3)23-15(22)20(4)11-13-6-5-7-21(13)14-10-18-12(8-17)9-19-14/h9-10,13H,5-7,11H2,1-4H3. The van der Waals surface area contributed by atoms with Crippen molar-refractivity contribution in [2.45, 2.75) is 45.3 Å². The summed E-state index contributed by atoms with van der Waals surface area (Å²) in [7, 11) is 1.75. The molecule has 7 nitrogen and oxygen atoms in total. The molecule has 1 aliphatic heterocycles. The van der Waals surface area contributed by atoms with Gasteiger partial charge in [0, 0.05) is 26.2 Å². The predicted octanol–water partition coefficient (Wildman–Crippen LogP) is 2.18. The van der Waals surface area contributed by atoms with Crippen molar-refractivity contribution in [2.24, 2.45) is 0 Å². The second-order valence-electron chi connectivity index (χ2n) is 6.72. The third-order valence-corrected chi connectivity index (χ3v) is 3.61. The lowest BCUT2D eigenvalue weighted by atomic mass is 10.2. The van der Waals surface area contributed by atoms with Gasteiger partial charge in [0.15, 0.2) is 5.69 Å². The number of nitrogens with zero attached hydrogens (tertiary/aromatic N) is 5. The van der Waals surface area contributed by atoms with Gasteiger partial charge in [-0.1, -0.05) is 0 Å². The highest BCUT2D eigenvalue weighted by Gasteiger charge is 2.29. The molecular weight excluding hydrogens is 294 g/mol. The Morgan fingerprint density at radius 3 is 2.78 bits per heavy atom. The monoisotopic (exact) mass is 317 g/mol. The highest BCUT2D eigenvalue weighted by molar-refractivity contribution is 5.67. The number of amides is 1. The molecule has 1 saturated heterocycles. The van der Waals surface area contributed by atoms with Gasteiger partial charge in [-0.05, 0) is 33.6 Å². The molecule has 1 aromatic heterocycles. The molecule has 0 bridgehead atoms. The molecule has 23 heavy (non-hydrogen) atoms. The van der Waals surface area contributed by atoms with Gasteiger partial charge >= 0.3 is 6.09 Å². The third kappa shape index (κ3) is 4.55. The number of carbonyl (C=O) groups excluding carboxylic acids is 1. The third-order valence-electron chi connectivity index (χ3n) is 3.61. The van der Waals surface area contributed by atoms with Crippen LogP contribution in [0.2, 0.25) is 0 Å². The second-order valence-corrected chi connectivity index (χ2v) is 6.72. The molecule has 2 heterocycles.